The molecule has 2 N–H and O–H groups in total. The normalized spacial score (nSPS) is 17.3. The van der Waals surface area contributed by atoms with E-state index in [1.165, 1.54) is 6.42 Å². The van der Waals surface area contributed by atoms with Crippen LogP contribution in [0.2, 0.25) is 0 Å². The van der Waals surface area contributed by atoms with Gasteiger partial charge in [-0.2, -0.15) is 0 Å². The lowest BCUT2D eigenvalue weighted by atomic mass is 10.0. The van der Waals surface area contributed by atoms with E-state index in [9.17, 15) is 5.11 Å². The molecule has 0 aromatic carbocycles. The topological polar surface area (TPSA) is 32.3 Å². The van der Waals surface area contributed by atoms with E-state index >= 15 is 0 Å². The van der Waals surface area contributed by atoms with Gasteiger partial charge in [0.2, 0.25) is 0 Å². The van der Waals surface area contributed by atoms with E-state index in [1.807, 2.05) is 17.5 Å². The Hall–Kier alpha value is -0.380. The standard InChI is InChI=1S/C12H21NOS/c1-4-9(2)10(3)13-8-11(14)12-6-5-7-15-12/h5-7,9-11,13-14H,4,8H2,1-3H3. The molecule has 0 saturated heterocycles. The largest absolute Gasteiger partial charge is 0.386 e. The van der Waals surface area contributed by atoms with Gasteiger partial charge < -0.3 is 10.4 Å². The van der Waals surface area contributed by atoms with Gasteiger partial charge in [-0.15, -0.1) is 11.3 Å². The summed E-state index contributed by atoms with van der Waals surface area (Å²) in [5.41, 5.74) is 0. The van der Waals surface area contributed by atoms with Crippen molar-refractivity contribution in [2.45, 2.75) is 39.3 Å². The van der Waals surface area contributed by atoms with Gasteiger partial charge in [0.05, 0.1) is 0 Å². The quantitative estimate of drug-likeness (QED) is 0.783. The lowest BCUT2D eigenvalue weighted by Gasteiger charge is -2.21. The summed E-state index contributed by atoms with van der Waals surface area (Å²) >= 11 is 1.61. The number of rotatable bonds is 6. The molecule has 1 rings (SSSR count). The summed E-state index contributed by atoms with van der Waals surface area (Å²) < 4.78 is 0. The van der Waals surface area contributed by atoms with Crippen molar-refractivity contribution in [3.8, 4) is 0 Å². The Morgan fingerprint density at radius 2 is 2.20 bits per heavy atom. The van der Waals surface area contributed by atoms with Crippen LogP contribution in [0.3, 0.4) is 0 Å². The Balaban J connectivity index is 2.31. The molecule has 0 aliphatic rings. The lowest BCUT2D eigenvalue weighted by Crippen LogP contribution is -2.34. The monoisotopic (exact) mass is 227 g/mol. The fourth-order valence-electron chi connectivity index (χ4n) is 1.43. The smallest absolute Gasteiger partial charge is 0.101 e. The van der Waals surface area contributed by atoms with Gasteiger partial charge in [0.1, 0.15) is 6.10 Å². The molecule has 3 atom stereocenters. The van der Waals surface area contributed by atoms with Crippen LogP contribution in [0.25, 0.3) is 0 Å². The van der Waals surface area contributed by atoms with Crippen LogP contribution < -0.4 is 5.32 Å². The minimum Gasteiger partial charge on any atom is -0.386 e. The number of nitrogens with one attached hydrogen (secondary N) is 1. The van der Waals surface area contributed by atoms with Gasteiger partial charge in [-0.25, -0.2) is 0 Å². The van der Waals surface area contributed by atoms with Crippen LogP contribution in [0, 0.1) is 5.92 Å². The molecule has 2 nitrogen and oxygen atoms in total. The van der Waals surface area contributed by atoms with Crippen LogP contribution in [0.4, 0.5) is 0 Å². The van der Waals surface area contributed by atoms with Gasteiger partial charge >= 0.3 is 0 Å². The molecule has 0 spiro atoms. The molecular formula is C12H21NOS. The molecule has 0 bridgehead atoms. The van der Waals surface area contributed by atoms with Crippen molar-refractivity contribution in [2.75, 3.05) is 6.54 Å². The second kappa shape index (κ2) is 6.26. The highest BCUT2D eigenvalue weighted by molar-refractivity contribution is 7.10. The van der Waals surface area contributed by atoms with Gasteiger partial charge in [0, 0.05) is 17.5 Å². The molecule has 0 fully saturated rings. The number of aliphatic hydroxyl groups excluding tert-OH is 1. The highest BCUT2D eigenvalue weighted by Crippen LogP contribution is 2.18. The Morgan fingerprint density at radius 1 is 1.47 bits per heavy atom. The fourth-order valence-corrected chi connectivity index (χ4v) is 2.15. The zero-order chi connectivity index (χ0) is 11.3. The molecule has 0 radical (unpaired) electrons. The van der Waals surface area contributed by atoms with Crippen molar-refractivity contribution >= 4 is 11.3 Å². The maximum absolute atomic E-state index is 9.86. The molecule has 1 aromatic heterocycles. The maximum atomic E-state index is 9.86. The first-order valence-electron chi connectivity index (χ1n) is 5.60. The second-order valence-electron chi connectivity index (χ2n) is 4.11. The van der Waals surface area contributed by atoms with Crippen LogP contribution in [-0.2, 0) is 0 Å². The molecule has 3 unspecified atom stereocenters. The molecule has 0 saturated carbocycles. The summed E-state index contributed by atoms with van der Waals surface area (Å²) in [5, 5.41) is 15.2. The SMILES string of the molecule is CCC(C)C(C)NCC(O)c1cccs1. The Morgan fingerprint density at radius 3 is 2.73 bits per heavy atom. The molecule has 3 heteroatoms. The molecule has 0 amide bonds. The van der Waals surface area contributed by atoms with Crippen molar-refractivity contribution < 1.29 is 5.11 Å². The van der Waals surface area contributed by atoms with Crippen molar-refractivity contribution in [1.29, 1.82) is 0 Å². The number of hydrogen-bond donors (Lipinski definition) is 2. The molecule has 1 heterocycles. The molecular weight excluding hydrogens is 206 g/mol. The van der Waals surface area contributed by atoms with Crippen molar-refractivity contribution in [2.24, 2.45) is 5.92 Å². The minimum absolute atomic E-state index is 0.364. The third-order valence-corrected chi connectivity index (χ3v) is 3.98. The van der Waals surface area contributed by atoms with Crippen LogP contribution in [0.15, 0.2) is 17.5 Å². The highest BCUT2D eigenvalue weighted by Gasteiger charge is 2.13. The van der Waals surface area contributed by atoms with E-state index in [1.54, 1.807) is 11.3 Å². The van der Waals surface area contributed by atoms with E-state index in [0.29, 0.717) is 18.5 Å². The average molecular weight is 227 g/mol. The molecule has 86 valence electrons. The first kappa shape index (κ1) is 12.7. The third-order valence-electron chi connectivity index (χ3n) is 3.00. The molecule has 0 aliphatic heterocycles. The van der Waals surface area contributed by atoms with E-state index in [4.69, 9.17) is 0 Å². The van der Waals surface area contributed by atoms with E-state index in [-0.39, 0.29) is 6.10 Å². The van der Waals surface area contributed by atoms with Gasteiger partial charge in [0.25, 0.3) is 0 Å². The van der Waals surface area contributed by atoms with Gasteiger partial charge in [0.15, 0.2) is 0 Å². The maximum Gasteiger partial charge on any atom is 0.101 e. The van der Waals surface area contributed by atoms with Crippen LogP contribution in [-0.4, -0.2) is 17.7 Å². The summed E-state index contributed by atoms with van der Waals surface area (Å²) in [6.45, 7) is 7.25. The first-order chi connectivity index (χ1) is 7.15. The second-order valence-corrected chi connectivity index (χ2v) is 5.09. The first-order valence-corrected chi connectivity index (χ1v) is 6.48. The number of aliphatic hydroxyl groups is 1. The van der Waals surface area contributed by atoms with Crippen molar-refractivity contribution in [1.82, 2.24) is 5.32 Å². The summed E-state index contributed by atoms with van der Waals surface area (Å²) in [7, 11) is 0. The molecule has 1 aromatic rings. The third kappa shape index (κ3) is 3.93. The van der Waals surface area contributed by atoms with Gasteiger partial charge in [-0.3, -0.25) is 0 Å². The number of thiophene rings is 1. The van der Waals surface area contributed by atoms with E-state index in [2.05, 4.69) is 26.1 Å². The average Bonchev–Trinajstić information content (AvgIpc) is 2.77. The van der Waals surface area contributed by atoms with Gasteiger partial charge in [-0.1, -0.05) is 26.3 Å². The fraction of sp³-hybridized carbons (Fsp3) is 0.667. The summed E-state index contributed by atoms with van der Waals surface area (Å²) in [6, 6.07) is 4.41. The zero-order valence-electron chi connectivity index (χ0n) is 9.73. The van der Waals surface area contributed by atoms with Crippen LogP contribution in [0.1, 0.15) is 38.2 Å². The highest BCUT2D eigenvalue weighted by atomic mass is 32.1. The summed E-state index contributed by atoms with van der Waals surface area (Å²) in [6.07, 6.45) is 0.806. The van der Waals surface area contributed by atoms with Crippen molar-refractivity contribution in [3.63, 3.8) is 0 Å². The Labute approximate surface area is 96.3 Å². The molecule has 15 heavy (non-hydrogen) atoms. The van der Waals surface area contributed by atoms with E-state index < -0.39 is 0 Å². The van der Waals surface area contributed by atoms with Crippen LogP contribution in [0.5, 0.6) is 0 Å². The van der Waals surface area contributed by atoms with E-state index in [0.717, 1.165) is 4.88 Å². The number of hydrogen-bond acceptors (Lipinski definition) is 3. The Bertz CT molecular complexity index is 261. The molecule has 0 aliphatic carbocycles. The predicted octanol–water partition coefficient (Wildman–Crippen LogP) is 2.81. The van der Waals surface area contributed by atoms with Crippen molar-refractivity contribution in [3.05, 3.63) is 22.4 Å². The zero-order valence-corrected chi connectivity index (χ0v) is 10.6. The van der Waals surface area contributed by atoms with Crippen LogP contribution >= 0.6 is 11.3 Å². The minimum atomic E-state index is -0.364. The lowest BCUT2D eigenvalue weighted by molar-refractivity contribution is 0.169. The Kier molecular flexibility index (Phi) is 5.29. The predicted molar refractivity (Wildman–Crippen MR) is 66.2 cm³/mol. The summed E-state index contributed by atoms with van der Waals surface area (Å²) in [5.74, 6) is 0.653. The van der Waals surface area contributed by atoms with Gasteiger partial charge in [-0.05, 0) is 24.3 Å². The summed E-state index contributed by atoms with van der Waals surface area (Å²) in [4.78, 5) is 1.04.